The normalized spacial score (nSPS) is 18.2. The lowest BCUT2D eigenvalue weighted by molar-refractivity contribution is -0.138. The molecule has 1 saturated heterocycles. The summed E-state index contributed by atoms with van der Waals surface area (Å²) < 4.78 is 36.8. The van der Waals surface area contributed by atoms with Crippen LogP contribution in [-0.2, 0) is 11.0 Å². The Morgan fingerprint density at radius 3 is 2.61 bits per heavy atom. The van der Waals surface area contributed by atoms with Crippen LogP contribution in [0, 0.1) is 11.8 Å². The summed E-state index contributed by atoms with van der Waals surface area (Å²) in [7, 11) is 0. The maximum absolute atomic E-state index is 12.3. The van der Waals surface area contributed by atoms with Gasteiger partial charge in [0, 0.05) is 5.92 Å². The molecule has 0 saturated carbocycles. The average Bonchev–Trinajstić information content (AvgIpc) is 2.62. The van der Waals surface area contributed by atoms with E-state index in [1.165, 1.54) is 0 Å². The first-order chi connectivity index (χ1) is 8.38. The summed E-state index contributed by atoms with van der Waals surface area (Å²) in [6, 6.07) is 0. The molecule has 0 aliphatic carbocycles. The van der Waals surface area contributed by atoms with Crippen molar-refractivity contribution < 1.29 is 18.0 Å². The second-order valence-electron chi connectivity index (χ2n) is 4.11. The number of carbonyl (C=O) groups is 1. The van der Waals surface area contributed by atoms with Crippen LogP contribution in [0.1, 0.15) is 11.9 Å². The molecule has 0 aromatic carbocycles. The van der Waals surface area contributed by atoms with Gasteiger partial charge in [-0.3, -0.25) is 4.79 Å². The summed E-state index contributed by atoms with van der Waals surface area (Å²) in [5.74, 6) is -0.365. The summed E-state index contributed by atoms with van der Waals surface area (Å²) >= 11 is 0.328. The zero-order chi connectivity index (χ0) is 13.3. The Balaban J connectivity index is 1.96. The van der Waals surface area contributed by atoms with Crippen molar-refractivity contribution in [3.8, 4) is 0 Å². The molecule has 18 heavy (non-hydrogen) atoms. The van der Waals surface area contributed by atoms with Crippen molar-refractivity contribution in [1.82, 2.24) is 15.5 Å². The van der Waals surface area contributed by atoms with Crippen LogP contribution < -0.4 is 10.6 Å². The maximum Gasteiger partial charge on any atom is 0.445 e. The molecule has 1 aliphatic rings. The van der Waals surface area contributed by atoms with E-state index < -0.39 is 11.2 Å². The topological polar surface area (TPSA) is 66.9 Å². The minimum atomic E-state index is -4.52. The molecule has 1 aromatic rings. The largest absolute Gasteiger partial charge is 0.445 e. The minimum absolute atomic E-state index is 0.119. The average molecular weight is 280 g/mol. The molecule has 9 heteroatoms. The molecule has 2 rings (SSSR count). The standard InChI is InChI=1S/C9H11F3N4OS/c1-4(5-2-13-3-5)6(17)14-8-16-15-7(18-8)9(10,11)12/h4-5,13H,2-3H2,1H3,(H,14,16,17). The van der Waals surface area contributed by atoms with E-state index in [9.17, 15) is 18.0 Å². The Morgan fingerprint density at radius 2 is 2.17 bits per heavy atom. The van der Waals surface area contributed by atoms with Gasteiger partial charge in [-0.05, 0) is 19.0 Å². The van der Waals surface area contributed by atoms with Gasteiger partial charge in [0.05, 0.1) is 0 Å². The third-order valence-corrected chi connectivity index (χ3v) is 3.71. The Hall–Kier alpha value is -1.22. The second-order valence-corrected chi connectivity index (χ2v) is 5.08. The summed E-state index contributed by atoms with van der Waals surface area (Å²) in [6.45, 7) is 3.24. The van der Waals surface area contributed by atoms with E-state index in [0.717, 1.165) is 13.1 Å². The lowest BCUT2D eigenvalue weighted by atomic mass is 9.88. The molecule has 1 fully saturated rings. The Labute approximate surface area is 105 Å². The number of anilines is 1. The van der Waals surface area contributed by atoms with E-state index in [0.29, 0.717) is 11.3 Å². The van der Waals surface area contributed by atoms with Gasteiger partial charge in [0.1, 0.15) is 0 Å². The molecule has 0 radical (unpaired) electrons. The number of nitrogens with zero attached hydrogens (tertiary/aromatic N) is 2. The van der Waals surface area contributed by atoms with Gasteiger partial charge >= 0.3 is 6.18 Å². The predicted molar refractivity (Wildman–Crippen MR) is 59.1 cm³/mol. The first kappa shape index (κ1) is 13.2. The Morgan fingerprint density at radius 1 is 1.50 bits per heavy atom. The molecule has 1 atom stereocenters. The third-order valence-electron chi connectivity index (χ3n) is 2.83. The smallest absolute Gasteiger partial charge is 0.316 e. The predicted octanol–water partition coefficient (Wildman–Crippen LogP) is 1.35. The molecule has 1 aromatic heterocycles. The molecule has 2 heterocycles. The van der Waals surface area contributed by atoms with Crippen molar-refractivity contribution in [1.29, 1.82) is 0 Å². The van der Waals surface area contributed by atoms with Crippen LogP contribution in [-0.4, -0.2) is 29.2 Å². The van der Waals surface area contributed by atoms with E-state index in [-0.39, 0.29) is 22.9 Å². The number of carbonyl (C=O) groups excluding carboxylic acids is 1. The van der Waals surface area contributed by atoms with Gasteiger partial charge in [-0.15, -0.1) is 10.2 Å². The highest BCUT2D eigenvalue weighted by Gasteiger charge is 2.36. The fourth-order valence-corrected chi connectivity index (χ4v) is 2.10. The van der Waals surface area contributed by atoms with Gasteiger partial charge in [0.25, 0.3) is 0 Å². The van der Waals surface area contributed by atoms with Crippen LogP contribution in [0.5, 0.6) is 0 Å². The zero-order valence-electron chi connectivity index (χ0n) is 9.41. The first-order valence-electron chi connectivity index (χ1n) is 5.30. The highest BCUT2D eigenvalue weighted by atomic mass is 32.1. The van der Waals surface area contributed by atoms with Crippen LogP contribution in [0.2, 0.25) is 0 Å². The van der Waals surface area contributed by atoms with Gasteiger partial charge in [0.15, 0.2) is 0 Å². The van der Waals surface area contributed by atoms with Crippen LogP contribution in [0.4, 0.5) is 18.3 Å². The van der Waals surface area contributed by atoms with Gasteiger partial charge in [-0.1, -0.05) is 18.3 Å². The molecular formula is C9H11F3N4OS. The van der Waals surface area contributed by atoms with Crippen LogP contribution in [0.25, 0.3) is 0 Å². The zero-order valence-corrected chi connectivity index (χ0v) is 10.2. The SMILES string of the molecule is CC(C(=O)Nc1nnc(C(F)(F)F)s1)C1CNC1. The summed E-state index contributed by atoms with van der Waals surface area (Å²) in [5.41, 5.74) is 0. The fraction of sp³-hybridized carbons (Fsp3) is 0.667. The molecule has 0 spiro atoms. The van der Waals surface area contributed by atoms with Gasteiger partial charge < -0.3 is 10.6 Å². The van der Waals surface area contributed by atoms with E-state index in [4.69, 9.17) is 0 Å². The number of amides is 1. The van der Waals surface area contributed by atoms with E-state index in [1.54, 1.807) is 6.92 Å². The van der Waals surface area contributed by atoms with Crippen LogP contribution in [0.3, 0.4) is 0 Å². The quantitative estimate of drug-likeness (QED) is 0.877. The molecule has 0 bridgehead atoms. The minimum Gasteiger partial charge on any atom is -0.316 e. The Kier molecular flexibility index (Phi) is 3.53. The molecule has 2 N–H and O–H groups in total. The maximum atomic E-state index is 12.3. The number of nitrogens with one attached hydrogen (secondary N) is 2. The highest BCUT2D eigenvalue weighted by Crippen LogP contribution is 2.33. The number of hydrogen-bond donors (Lipinski definition) is 2. The summed E-state index contributed by atoms with van der Waals surface area (Å²) in [6.07, 6.45) is -4.52. The van der Waals surface area contributed by atoms with Gasteiger partial charge in [0.2, 0.25) is 16.0 Å². The van der Waals surface area contributed by atoms with Gasteiger partial charge in [-0.2, -0.15) is 13.2 Å². The third kappa shape index (κ3) is 2.78. The lowest BCUT2D eigenvalue weighted by Gasteiger charge is -2.31. The molecule has 1 unspecified atom stereocenters. The molecule has 1 aliphatic heterocycles. The number of halogens is 3. The molecule has 100 valence electrons. The van der Waals surface area contributed by atoms with Crippen molar-refractivity contribution in [3.05, 3.63) is 5.01 Å². The van der Waals surface area contributed by atoms with Crippen molar-refractivity contribution in [2.75, 3.05) is 18.4 Å². The van der Waals surface area contributed by atoms with Crippen LogP contribution in [0.15, 0.2) is 0 Å². The number of aromatic nitrogens is 2. The van der Waals surface area contributed by atoms with Crippen molar-refractivity contribution >= 4 is 22.4 Å². The monoisotopic (exact) mass is 280 g/mol. The van der Waals surface area contributed by atoms with E-state index in [2.05, 4.69) is 20.8 Å². The Bertz CT molecular complexity index is 443. The van der Waals surface area contributed by atoms with Crippen molar-refractivity contribution in [2.45, 2.75) is 13.1 Å². The van der Waals surface area contributed by atoms with Gasteiger partial charge in [-0.25, -0.2) is 0 Å². The molecular weight excluding hydrogens is 269 g/mol. The first-order valence-corrected chi connectivity index (χ1v) is 6.12. The van der Waals surface area contributed by atoms with Crippen LogP contribution >= 0.6 is 11.3 Å². The molecule has 5 nitrogen and oxygen atoms in total. The molecule has 1 amide bonds. The number of alkyl halides is 3. The second kappa shape index (κ2) is 4.81. The fourth-order valence-electron chi connectivity index (χ4n) is 1.49. The van der Waals surface area contributed by atoms with Crippen molar-refractivity contribution in [3.63, 3.8) is 0 Å². The number of rotatable bonds is 3. The van der Waals surface area contributed by atoms with E-state index >= 15 is 0 Å². The van der Waals surface area contributed by atoms with Crippen molar-refractivity contribution in [2.24, 2.45) is 11.8 Å². The lowest BCUT2D eigenvalue weighted by Crippen LogP contribution is -2.48. The number of hydrogen-bond acceptors (Lipinski definition) is 5. The summed E-state index contributed by atoms with van der Waals surface area (Å²) in [4.78, 5) is 11.7. The summed E-state index contributed by atoms with van der Waals surface area (Å²) in [5, 5.41) is 10.5. The van der Waals surface area contributed by atoms with E-state index in [1.807, 2.05) is 0 Å². The highest BCUT2D eigenvalue weighted by molar-refractivity contribution is 7.15.